The van der Waals surface area contributed by atoms with Crippen molar-refractivity contribution in [2.24, 2.45) is 11.8 Å². The summed E-state index contributed by atoms with van der Waals surface area (Å²) in [4.78, 5) is 7.13. The molecule has 29 heavy (non-hydrogen) atoms. The first kappa shape index (κ1) is 19.7. The molecule has 2 aromatic carbocycles. The fourth-order valence-electron chi connectivity index (χ4n) is 4.30. The molecule has 1 aliphatic rings. The number of allylic oxidation sites excluding steroid dienone is 1. The molecule has 4 rings (SSSR count). The van der Waals surface area contributed by atoms with Crippen molar-refractivity contribution in [1.82, 2.24) is 15.2 Å². The first-order valence-corrected chi connectivity index (χ1v) is 10.6. The quantitative estimate of drug-likeness (QED) is 0.580. The van der Waals surface area contributed by atoms with Crippen LogP contribution in [0.2, 0.25) is 0 Å². The molecule has 0 radical (unpaired) electrons. The van der Waals surface area contributed by atoms with Crippen LogP contribution in [0.3, 0.4) is 0 Å². The topological polar surface area (TPSA) is 28.2 Å². The molecule has 0 bridgehead atoms. The van der Waals surface area contributed by atoms with Crippen molar-refractivity contribution in [2.75, 3.05) is 13.1 Å². The molecule has 3 heteroatoms. The second-order valence-corrected chi connectivity index (χ2v) is 8.55. The summed E-state index contributed by atoms with van der Waals surface area (Å²) in [5, 5.41) is 4.81. The van der Waals surface area contributed by atoms with Crippen LogP contribution in [0.25, 0.3) is 10.9 Å². The van der Waals surface area contributed by atoms with Crippen molar-refractivity contribution >= 4 is 10.9 Å². The van der Waals surface area contributed by atoms with Crippen molar-refractivity contribution < 1.29 is 0 Å². The normalized spacial score (nSPS) is 15.8. The Kier molecular flexibility index (Phi) is 5.96. The monoisotopic (exact) mass is 385 g/mol. The van der Waals surface area contributed by atoms with Crippen molar-refractivity contribution in [1.29, 1.82) is 0 Å². The number of benzene rings is 2. The predicted octanol–water partition coefficient (Wildman–Crippen LogP) is 5.17. The van der Waals surface area contributed by atoms with Crippen molar-refractivity contribution in [3.63, 3.8) is 0 Å². The molecule has 0 fully saturated rings. The van der Waals surface area contributed by atoms with Gasteiger partial charge in [-0.1, -0.05) is 69.0 Å². The van der Waals surface area contributed by atoms with Gasteiger partial charge in [-0.3, -0.25) is 9.88 Å². The van der Waals surface area contributed by atoms with Crippen LogP contribution in [-0.4, -0.2) is 23.0 Å². The Bertz CT molecular complexity index is 964. The van der Waals surface area contributed by atoms with E-state index in [4.69, 9.17) is 0 Å². The Morgan fingerprint density at radius 3 is 2.52 bits per heavy atom. The van der Waals surface area contributed by atoms with Crippen LogP contribution >= 0.6 is 0 Å². The van der Waals surface area contributed by atoms with Gasteiger partial charge < -0.3 is 5.32 Å². The third-order valence-electron chi connectivity index (χ3n) is 5.99. The van der Waals surface area contributed by atoms with E-state index < -0.39 is 0 Å². The number of para-hydroxylation sites is 1. The fraction of sp³-hybridized carbons (Fsp3) is 0.346. The summed E-state index contributed by atoms with van der Waals surface area (Å²) in [7, 11) is 0. The summed E-state index contributed by atoms with van der Waals surface area (Å²) in [6.07, 6.45) is 2.83. The summed E-state index contributed by atoms with van der Waals surface area (Å²) in [6, 6.07) is 19.4. The average Bonchev–Trinajstić information content (AvgIpc) is 3.14. The molecule has 0 saturated heterocycles. The Hall–Kier alpha value is -2.65. The van der Waals surface area contributed by atoms with Gasteiger partial charge in [0.2, 0.25) is 0 Å². The van der Waals surface area contributed by atoms with E-state index in [0.717, 1.165) is 43.8 Å². The average molecular weight is 386 g/mol. The van der Waals surface area contributed by atoms with Gasteiger partial charge in [-0.05, 0) is 41.0 Å². The fourth-order valence-corrected chi connectivity index (χ4v) is 4.30. The van der Waals surface area contributed by atoms with Gasteiger partial charge in [-0.25, -0.2) is 0 Å². The summed E-state index contributed by atoms with van der Waals surface area (Å²) >= 11 is 0. The van der Waals surface area contributed by atoms with Crippen molar-refractivity contribution in [3.8, 4) is 0 Å². The number of hydrogen-bond donors (Lipinski definition) is 1. The lowest BCUT2D eigenvalue weighted by Gasteiger charge is -2.23. The lowest BCUT2D eigenvalue weighted by molar-refractivity contribution is 0.241. The maximum atomic E-state index is 4.59. The number of pyridine rings is 1. The lowest BCUT2D eigenvalue weighted by atomic mass is 9.96. The van der Waals surface area contributed by atoms with Gasteiger partial charge in [0.05, 0.1) is 5.52 Å². The third kappa shape index (κ3) is 4.68. The van der Waals surface area contributed by atoms with Crippen LogP contribution < -0.4 is 5.32 Å². The van der Waals surface area contributed by atoms with Crippen LogP contribution in [-0.2, 0) is 19.5 Å². The minimum Gasteiger partial charge on any atom is -0.388 e. The summed E-state index contributed by atoms with van der Waals surface area (Å²) in [5.41, 5.74) is 6.48. The highest BCUT2D eigenvalue weighted by Gasteiger charge is 2.20. The number of nitrogens with zero attached hydrogens (tertiary/aromatic N) is 2. The molecule has 1 aliphatic heterocycles. The minimum absolute atomic E-state index is 0.367. The maximum absolute atomic E-state index is 4.59. The highest BCUT2D eigenvalue weighted by atomic mass is 15.1. The molecular weight excluding hydrogens is 354 g/mol. The van der Waals surface area contributed by atoms with Crippen LogP contribution in [0.1, 0.15) is 30.5 Å². The van der Waals surface area contributed by atoms with Crippen molar-refractivity contribution in [3.05, 3.63) is 89.8 Å². The molecular formula is C26H31N3. The Labute approximate surface area is 174 Å². The molecule has 2 unspecified atom stereocenters. The van der Waals surface area contributed by atoms with Gasteiger partial charge in [0.15, 0.2) is 0 Å². The minimum atomic E-state index is 0.367. The van der Waals surface area contributed by atoms with E-state index in [1.165, 1.54) is 22.1 Å². The highest BCUT2D eigenvalue weighted by Crippen LogP contribution is 2.24. The molecule has 150 valence electrons. The van der Waals surface area contributed by atoms with Gasteiger partial charge in [-0.2, -0.15) is 0 Å². The largest absolute Gasteiger partial charge is 0.388 e. The zero-order chi connectivity index (χ0) is 20.2. The highest BCUT2D eigenvalue weighted by molar-refractivity contribution is 5.81. The van der Waals surface area contributed by atoms with E-state index in [0.29, 0.717) is 11.8 Å². The zero-order valence-electron chi connectivity index (χ0n) is 17.6. The molecule has 2 atom stereocenters. The number of fused-ring (bicyclic) bond motifs is 2. The molecule has 0 spiro atoms. The smallest absolute Gasteiger partial charge is 0.0734 e. The van der Waals surface area contributed by atoms with Crippen LogP contribution in [0.15, 0.2) is 73.1 Å². The summed E-state index contributed by atoms with van der Waals surface area (Å²) in [5.74, 6) is 0.943. The van der Waals surface area contributed by atoms with Gasteiger partial charge in [-0.15, -0.1) is 0 Å². The Morgan fingerprint density at radius 1 is 1.03 bits per heavy atom. The maximum Gasteiger partial charge on any atom is 0.0734 e. The molecule has 2 heterocycles. The van der Waals surface area contributed by atoms with Crippen molar-refractivity contribution in [2.45, 2.75) is 33.4 Å². The van der Waals surface area contributed by atoms with E-state index in [2.05, 4.69) is 84.2 Å². The van der Waals surface area contributed by atoms with E-state index in [9.17, 15) is 0 Å². The number of aromatic nitrogens is 1. The van der Waals surface area contributed by atoms with Crippen LogP contribution in [0, 0.1) is 11.8 Å². The zero-order valence-corrected chi connectivity index (χ0v) is 17.6. The molecule has 0 amide bonds. The van der Waals surface area contributed by atoms with Crippen LogP contribution in [0.5, 0.6) is 0 Å². The molecule has 3 aromatic rings. The number of hydrogen-bond acceptors (Lipinski definition) is 3. The standard InChI is InChI=1S/C26H31N3/c1-19(16-29-17-24-8-4-5-9-25(24)18-29)15-28-21(3)20(2)14-23-11-6-10-22-12-7-13-27-26(22)23/h4-13,19-20,28H,3,14-18H2,1-2H3. The van der Waals surface area contributed by atoms with Crippen LogP contribution in [0.4, 0.5) is 0 Å². The summed E-state index contributed by atoms with van der Waals surface area (Å²) < 4.78 is 0. The Balaban J connectivity index is 1.27. The Morgan fingerprint density at radius 2 is 1.76 bits per heavy atom. The van der Waals surface area contributed by atoms with E-state index in [1.807, 2.05) is 12.3 Å². The van der Waals surface area contributed by atoms with Gasteiger partial charge in [0, 0.05) is 43.5 Å². The van der Waals surface area contributed by atoms with Gasteiger partial charge in [0.1, 0.15) is 0 Å². The predicted molar refractivity (Wildman–Crippen MR) is 121 cm³/mol. The van der Waals surface area contributed by atoms with Gasteiger partial charge in [0.25, 0.3) is 0 Å². The molecule has 1 N–H and O–H groups in total. The molecule has 1 aromatic heterocycles. The number of rotatable bonds is 8. The molecule has 0 saturated carbocycles. The first-order chi connectivity index (χ1) is 14.1. The molecule has 3 nitrogen and oxygen atoms in total. The first-order valence-electron chi connectivity index (χ1n) is 10.6. The summed E-state index contributed by atoms with van der Waals surface area (Å²) in [6.45, 7) is 13.1. The second-order valence-electron chi connectivity index (χ2n) is 8.55. The SMILES string of the molecule is C=C(NCC(C)CN1Cc2ccccc2C1)C(C)Cc1cccc2cccnc12. The number of nitrogens with one attached hydrogen (secondary N) is 1. The molecule has 0 aliphatic carbocycles. The second kappa shape index (κ2) is 8.79. The third-order valence-corrected chi connectivity index (χ3v) is 5.99. The van der Waals surface area contributed by atoms with E-state index in [1.54, 1.807) is 0 Å². The van der Waals surface area contributed by atoms with E-state index >= 15 is 0 Å². The van der Waals surface area contributed by atoms with E-state index in [-0.39, 0.29) is 0 Å². The lowest BCUT2D eigenvalue weighted by Crippen LogP contribution is -2.31. The van der Waals surface area contributed by atoms with Gasteiger partial charge >= 0.3 is 0 Å².